The highest BCUT2D eigenvalue weighted by molar-refractivity contribution is 5.94. The van der Waals surface area contributed by atoms with Crippen molar-refractivity contribution in [2.24, 2.45) is 17.6 Å². The summed E-state index contributed by atoms with van der Waals surface area (Å²) in [5.74, 6) is 0.606. The zero-order chi connectivity index (χ0) is 23.5. The Morgan fingerprint density at radius 1 is 1.38 bits per heavy atom. The molecule has 0 spiro atoms. The Morgan fingerprint density at radius 2 is 2.06 bits per heavy atom. The van der Waals surface area contributed by atoms with Crippen LogP contribution in [0.5, 0.6) is 0 Å². The van der Waals surface area contributed by atoms with Gasteiger partial charge in [0.15, 0.2) is 0 Å². The summed E-state index contributed by atoms with van der Waals surface area (Å²) in [6, 6.07) is -1.11. The zero-order valence-corrected chi connectivity index (χ0v) is 18.2. The first-order valence-corrected chi connectivity index (χ1v) is 10.7. The Hall–Kier alpha value is -2.40. The van der Waals surface area contributed by atoms with Crippen LogP contribution in [-0.2, 0) is 9.53 Å². The van der Waals surface area contributed by atoms with Crippen LogP contribution in [0.15, 0.2) is 18.3 Å². The number of methoxy groups -OCH3 is 1. The molecule has 1 saturated heterocycles. The highest BCUT2D eigenvalue weighted by Crippen LogP contribution is 2.32. The number of anilines is 1. The maximum Gasteiger partial charge on any atom is 0.410 e. The molecule has 0 radical (unpaired) electrons. The number of aromatic nitrogens is 1. The van der Waals surface area contributed by atoms with E-state index in [0.29, 0.717) is 11.5 Å². The average Bonchev–Trinajstić information content (AvgIpc) is 3.14. The van der Waals surface area contributed by atoms with Crippen molar-refractivity contribution in [2.45, 2.75) is 56.9 Å². The number of carbonyl (C=O) groups excluding carboxylic acids is 2. The Bertz CT molecular complexity index is 814. The topological polar surface area (TPSA) is 110 Å². The van der Waals surface area contributed by atoms with E-state index >= 15 is 0 Å². The molecule has 2 aliphatic rings. The van der Waals surface area contributed by atoms with Crippen LogP contribution in [0.4, 0.5) is 23.8 Å². The smallest absolute Gasteiger partial charge is 0.382 e. The first-order valence-electron chi connectivity index (χ1n) is 10.7. The fraction of sp³-hybridized carbons (Fsp3) is 0.667. The molecule has 4 N–H and O–H groups in total. The highest BCUT2D eigenvalue weighted by atomic mass is 19.4. The van der Waals surface area contributed by atoms with E-state index in [0.717, 1.165) is 30.6 Å². The predicted octanol–water partition coefficient (Wildman–Crippen LogP) is 2.82. The van der Waals surface area contributed by atoms with Crippen molar-refractivity contribution in [3.8, 4) is 0 Å². The van der Waals surface area contributed by atoms with Gasteiger partial charge in [0, 0.05) is 13.3 Å². The van der Waals surface area contributed by atoms with Gasteiger partial charge < -0.3 is 26.0 Å². The van der Waals surface area contributed by atoms with Crippen molar-refractivity contribution in [1.29, 1.82) is 0 Å². The molecule has 1 unspecified atom stereocenters. The lowest BCUT2D eigenvalue weighted by Gasteiger charge is -2.30. The molecule has 2 heterocycles. The Kier molecular flexibility index (Phi) is 7.60. The zero-order valence-electron chi connectivity index (χ0n) is 18.2. The lowest BCUT2D eigenvalue weighted by molar-refractivity contribution is -0.150. The van der Waals surface area contributed by atoms with E-state index in [1.54, 1.807) is 6.07 Å². The van der Waals surface area contributed by atoms with Gasteiger partial charge in [-0.3, -0.25) is 4.79 Å². The maximum atomic E-state index is 13.1. The van der Waals surface area contributed by atoms with Gasteiger partial charge in [-0.1, -0.05) is 19.8 Å². The van der Waals surface area contributed by atoms with E-state index in [2.05, 4.69) is 17.2 Å². The van der Waals surface area contributed by atoms with Crippen LogP contribution in [0.2, 0.25) is 0 Å². The number of halogens is 3. The van der Waals surface area contributed by atoms with Crippen LogP contribution >= 0.6 is 0 Å². The van der Waals surface area contributed by atoms with E-state index in [1.807, 2.05) is 5.32 Å². The van der Waals surface area contributed by atoms with Crippen LogP contribution < -0.4 is 16.4 Å². The van der Waals surface area contributed by atoms with Crippen LogP contribution in [0, 0.1) is 11.8 Å². The number of nitrogens with one attached hydrogen (secondary N) is 2. The summed E-state index contributed by atoms with van der Waals surface area (Å²) in [5.41, 5.74) is 6.67. The van der Waals surface area contributed by atoms with Gasteiger partial charge in [-0.05, 0) is 42.4 Å². The lowest BCUT2D eigenvalue weighted by atomic mass is 9.79. The minimum absolute atomic E-state index is 0.0187. The third-order valence-electron chi connectivity index (χ3n) is 6.32. The van der Waals surface area contributed by atoms with E-state index in [4.69, 9.17) is 10.5 Å². The van der Waals surface area contributed by atoms with Gasteiger partial charge in [-0.25, -0.2) is 9.78 Å². The quantitative estimate of drug-likeness (QED) is 0.583. The Balaban J connectivity index is 1.71. The number of hydrogen-bond acceptors (Lipinski definition) is 5. The molecule has 1 aliphatic heterocycles. The summed E-state index contributed by atoms with van der Waals surface area (Å²) in [4.78, 5) is 30.1. The molecular weight excluding hydrogens is 427 g/mol. The molecule has 1 saturated carbocycles. The summed E-state index contributed by atoms with van der Waals surface area (Å²) in [7, 11) is 1.40. The van der Waals surface area contributed by atoms with Gasteiger partial charge in [0.05, 0.1) is 25.2 Å². The second kappa shape index (κ2) is 10.0. The molecule has 1 aromatic heterocycles. The number of urea groups is 1. The number of alkyl halides is 3. The second-order valence-electron chi connectivity index (χ2n) is 8.68. The van der Waals surface area contributed by atoms with E-state index in [9.17, 15) is 22.8 Å². The largest absolute Gasteiger partial charge is 0.410 e. The van der Waals surface area contributed by atoms with Crippen molar-refractivity contribution in [2.75, 3.05) is 25.6 Å². The molecule has 178 valence electrons. The number of rotatable bonds is 7. The summed E-state index contributed by atoms with van der Waals surface area (Å²) in [6.45, 7) is 1.63. The molecule has 1 aromatic rings. The van der Waals surface area contributed by atoms with E-state index < -0.39 is 36.9 Å². The molecule has 2 fully saturated rings. The predicted molar refractivity (Wildman–Crippen MR) is 112 cm³/mol. The summed E-state index contributed by atoms with van der Waals surface area (Å²) in [6.07, 6.45) is 0.736. The van der Waals surface area contributed by atoms with Crippen LogP contribution in [0.3, 0.4) is 0 Å². The van der Waals surface area contributed by atoms with Gasteiger partial charge in [0.2, 0.25) is 5.91 Å². The number of pyridine rings is 1. The second-order valence-corrected chi connectivity index (χ2v) is 8.68. The van der Waals surface area contributed by atoms with Gasteiger partial charge in [0.25, 0.3) is 0 Å². The molecule has 3 atom stereocenters. The van der Waals surface area contributed by atoms with Crippen molar-refractivity contribution in [3.05, 3.63) is 23.9 Å². The molecule has 1 aliphatic carbocycles. The molecule has 3 amide bonds. The van der Waals surface area contributed by atoms with Crippen molar-refractivity contribution in [3.63, 3.8) is 0 Å². The van der Waals surface area contributed by atoms with Gasteiger partial charge >= 0.3 is 12.2 Å². The fourth-order valence-electron chi connectivity index (χ4n) is 4.33. The third-order valence-corrected chi connectivity index (χ3v) is 6.32. The van der Waals surface area contributed by atoms with Crippen molar-refractivity contribution >= 4 is 17.8 Å². The minimum atomic E-state index is -4.55. The number of ether oxygens (including phenoxy) is 1. The molecule has 3 rings (SSSR count). The molecule has 0 aromatic carbocycles. The molecular formula is C21H30F3N5O3. The SMILES string of the molecule is COCC(c1ccnc(NC(=O)[C@@H](N)C2CCC(C)CC2)c1)N1C[C@@H](C(F)(F)F)NC1=O. The van der Waals surface area contributed by atoms with Crippen LogP contribution in [0.25, 0.3) is 0 Å². The lowest BCUT2D eigenvalue weighted by Crippen LogP contribution is -2.43. The Labute approximate surface area is 185 Å². The molecule has 8 nitrogen and oxygen atoms in total. The number of carbonyl (C=O) groups is 2. The van der Waals surface area contributed by atoms with Gasteiger partial charge in [-0.15, -0.1) is 0 Å². The van der Waals surface area contributed by atoms with E-state index in [1.165, 1.54) is 19.4 Å². The van der Waals surface area contributed by atoms with Crippen molar-refractivity contribution in [1.82, 2.24) is 15.2 Å². The fourth-order valence-corrected chi connectivity index (χ4v) is 4.33. The molecule has 0 bridgehead atoms. The number of nitrogens with zero attached hydrogens (tertiary/aromatic N) is 2. The van der Waals surface area contributed by atoms with Crippen molar-refractivity contribution < 1.29 is 27.5 Å². The Morgan fingerprint density at radius 3 is 2.66 bits per heavy atom. The van der Waals surface area contributed by atoms with Gasteiger partial charge in [0.1, 0.15) is 11.9 Å². The molecule has 11 heteroatoms. The first kappa shape index (κ1) is 24.2. The summed E-state index contributed by atoms with van der Waals surface area (Å²) >= 11 is 0. The normalized spacial score (nSPS) is 25.9. The third kappa shape index (κ3) is 5.69. The first-order chi connectivity index (χ1) is 15.1. The molecule has 32 heavy (non-hydrogen) atoms. The van der Waals surface area contributed by atoms with Crippen LogP contribution in [0.1, 0.15) is 44.2 Å². The van der Waals surface area contributed by atoms with Crippen LogP contribution in [-0.4, -0.2) is 60.3 Å². The summed E-state index contributed by atoms with van der Waals surface area (Å²) < 4.78 is 44.4. The average molecular weight is 457 g/mol. The number of nitrogens with two attached hydrogens (primary N) is 1. The number of hydrogen-bond donors (Lipinski definition) is 3. The highest BCUT2D eigenvalue weighted by Gasteiger charge is 2.48. The van der Waals surface area contributed by atoms with E-state index in [-0.39, 0.29) is 24.2 Å². The monoisotopic (exact) mass is 457 g/mol. The van der Waals surface area contributed by atoms with Gasteiger partial charge in [-0.2, -0.15) is 13.2 Å². The maximum absolute atomic E-state index is 13.1. The summed E-state index contributed by atoms with van der Waals surface area (Å²) in [5, 5.41) is 4.67. The standard InChI is InChI=1S/C21H30F3N5O3/c1-12-3-5-13(6-4-12)18(25)19(30)28-17-9-14(7-8-26-17)15(11-32-2)29-10-16(21(22,23)24)27-20(29)31/h7-9,12-13,15-16,18H,3-6,10-11,25H2,1-2H3,(H,27,31)(H,26,28,30)/t12?,13?,15?,16-,18-/m0/s1. The number of amides is 3. The minimum Gasteiger partial charge on any atom is -0.382 e.